The zero-order valence-corrected chi connectivity index (χ0v) is 20.5. The van der Waals surface area contributed by atoms with Gasteiger partial charge in [-0.1, -0.05) is 17.4 Å². The summed E-state index contributed by atoms with van der Waals surface area (Å²) in [5.74, 6) is 0.892. The zero-order valence-electron chi connectivity index (χ0n) is 18.0. The second kappa shape index (κ2) is 9.42. The van der Waals surface area contributed by atoms with Crippen LogP contribution in [0.3, 0.4) is 0 Å². The minimum Gasteiger partial charge on any atom is -0.507 e. The number of nitrogens with zero attached hydrogens (tertiary/aromatic N) is 6. The molecule has 2 fully saturated rings. The first kappa shape index (κ1) is 23.7. The van der Waals surface area contributed by atoms with Crippen molar-refractivity contribution in [3.63, 3.8) is 0 Å². The molecule has 0 bridgehead atoms. The van der Waals surface area contributed by atoms with Crippen molar-refractivity contribution in [1.82, 2.24) is 30.3 Å². The first-order chi connectivity index (χ1) is 15.2. The number of anilines is 1. The van der Waals surface area contributed by atoms with Crippen LogP contribution >= 0.6 is 36.2 Å². The Morgan fingerprint density at radius 1 is 1.09 bits per heavy atom. The van der Waals surface area contributed by atoms with Gasteiger partial charge in [-0.05, 0) is 56.1 Å². The molecule has 33 heavy (non-hydrogen) atoms. The zero-order chi connectivity index (χ0) is 20.9. The molecule has 8 nitrogen and oxygen atoms in total. The third-order valence-electron chi connectivity index (χ3n) is 6.53. The third kappa shape index (κ3) is 4.26. The van der Waals surface area contributed by atoms with Crippen molar-refractivity contribution < 1.29 is 5.11 Å². The summed E-state index contributed by atoms with van der Waals surface area (Å²) >= 11 is 1.67. The van der Waals surface area contributed by atoms with E-state index in [-0.39, 0.29) is 30.6 Å². The van der Waals surface area contributed by atoms with Gasteiger partial charge in [0.2, 0.25) is 0 Å². The molecule has 3 aromatic heterocycles. The Hall–Kier alpha value is -2.46. The predicted molar refractivity (Wildman–Crippen MR) is 136 cm³/mol. The van der Waals surface area contributed by atoms with Gasteiger partial charge < -0.3 is 14.9 Å². The number of hydrogen-bond acceptors (Lipinski definition) is 8. The highest BCUT2D eigenvalue weighted by Crippen LogP contribution is 2.39. The van der Waals surface area contributed by atoms with E-state index in [0.717, 1.165) is 40.0 Å². The second-order valence-corrected chi connectivity index (χ2v) is 9.50. The number of aromatic nitrogens is 5. The van der Waals surface area contributed by atoms with Crippen molar-refractivity contribution in [3.8, 4) is 28.1 Å². The van der Waals surface area contributed by atoms with Crippen LogP contribution in [0.1, 0.15) is 12.8 Å². The number of benzene rings is 1. The van der Waals surface area contributed by atoms with Crippen LogP contribution in [0.5, 0.6) is 5.75 Å². The third-order valence-corrected chi connectivity index (χ3v) is 7.56. The molecule has 174 valence electrons. The minimum atomic E-state index is 0. The van der Waals surface area contributed by atoms with Crippen molar-refractivity contribution in [2.24, 2.45) is 5.92 Å². The van der Waals surface area contributed by atoms with Crippen LogP contribution in [0.4, 0.5) is 5.13 Å². The lowest BCUT2D eigenvalue weighted by Crippen LogP contribution is -2.44. The standard InChI is InChI=1S/C22H23N7OS.2ClH/c1-28-6-5-18-14(12-28)4-7-29(18)22-25-21-20(31-22)9-17(26-27-21)16-3-2-13(8-19(16)30)15-10-23-24-11-15;;/h2-3,8-11,14,18,30H,4-7,12H2,1H3,(H,23,24);2*1H/t14-,18+;;/m0../s1. The fourth-order valence-electron chi connectivity index (χ4n) is 4.93. The molecule has 1 aromatic carbocycles. The smallest absolute Gasteiger partial charge is 0.194 e. The maximum Gasteiger partial charge on any atom is 0.194 e. The fourth-order valence-corrected chi connectivity index (χ4v) is 5.95. The van der Waals surface area contributed by atoms with E-state index in [1.165, 1.54) is 19.4 Å². The summed E-state index contributed by atoms with van der Waals surface area (Å²) in [5, 5.41) is 27.1. The van der Waals surface area contributed by atoms with Gasteiger partial charge in [-0.25, -0.2) is 0 Å². The fraction of sp³-hybridized carbons (Fsp3) is 0.364. The summed E-state index contributed by atoms with van der Waals surface area (Å²) in [7, 11) is 2.21. The van der Waals surface area contributed by atoms with Gasteiger partial charge >= 0.3 is 0 Å². The number of rotatable bonds is 3. The lowest BCUT2D eigenvalue weighted by molar-refractivity contribution is 0.202. The molecule has 0 spiro atoms. The number of likely N-dealkylation sites (tertiary alicyclic amines) is 1. The lowest BCUT2D eigenvalue weighted by Gasteiger charge is -2.36. The molecule has 2 aliphatic rings. The number of halogens is 2. The average molecular weight is 506 g/mol. The molecule has 0 saturated carbocycles. The van der Waals surface area contributed by atoms with Gasteiger partial charge in [-0.15, -0.1) is 35.0 Å². The van der Waals surface area contributed by atoms with Crippen LogP contribution in [-0.4, -0.2) is 68.1 Å². The average Bonchev–Trinajstić information content (AvgIpc) is 3.51. The highest BCUT2D eigenvalue weighted by molar-refractivity contribution is 7.22. The number of phenols is 1. The van der Waals surface area contributed by atoms with E-state index in [1.54, 1.807) is 29.8 Å². The molecule has 0 radical (unpaired) electrons. The number of nitrogens with one attached hydrogen (secondary N) is 1. The van der Waals surface area contributed by atoms with Crippen molar-refractivity contribution in [2.75, 3.05) is 31.6 Å². The summed E-state index contributed by atoms with van der Waals surface area (Å²) in [6.45, 7) is 3.37. The Labute approximate surface area is 207 Å². The van der Waals surface area contributed by atoms with E-state index in [1.807, 2.05) is 18.2 Å². The summed E-state index contributed by atoms with van der Waals surface area (Å²) < 4.78 is 0.995. The van der Waals surface area contributed by atoms with Gasteiger partial charge in [0.05, 0.1) is 16.6 Å². The van der Waals surface area contributed by atoms with Crippen LogP contribution in [0.2, 0.25) is 0 Å². The predicted octanol–water partition coefficient (Wildman–Crippen LogP) is 4.22. The van der Waals surface area contributed by atoms with Crippen LogP contribution in [0, 0.1) is 5.92 Å². The van der Waals surface area contributed by atoms with E-state index in [0.29, 0.717) is 22.9 Å². The highest BCUT2D eigenvalue weighted by Gasteiger charge is 2.38. The van der Waals surface area contributed by atoms with Crippen LogP contribution in [0.25, 0.3) is 32.7 Å². The van der Waals surface area contributed by atoms with Crippen LogP contribution < -0.4 is 4.90 Å². The van der Waals surface area contributed by atoms with E-state index in [9.17, 15) is 5.11 Å². The molecule has 6 rings (SSSR count). The summed E-state index contributed by atoms with van der Waals surface area (Å²) in [4.78, 5) is 9.70. The van der Waals surface area contributed by atoms with Gasteiger partial charge in [0.1, 0.15) is 5.75 Å². The summed E-state index contributed by atoms with van der Waals surface area (Å²) in [6, 6.07) is 8.11. The topological polar surface area (TPSA) is 94.1 Å². The molecule has 0 unspecified atom stereocenters. The number of thiazole rings is 1. The number of fused-ring (bicyclic) bond motifs is 2. The number of aromatic amines is 1. The Kier molecular flexibility index (Phi) is 6.76. The van der Waals surface area contributed by atoms with Gasteiger partial charge in [0.25, 0.3) is 0 Å². The summed E-state index contributed by atoms with van der Waals surface area (Å²) in [5.41, 5.74) is 3.81. The second-order valence-electron chi connectivity index (χ2n) is 8.49. The minimum absolute atomic E-state index is 0. The highest BCUT2D eigenvalue weighted by atomic mass is 35.5. The molecule has 2 aliphatic heterocycles. The van der Waals surface area contributed by atoms with Gasteiger partial charge in [-0.3, -0.25) is 5.10 Å². The monoisotopic (exact) mass is 505 g/mol. The maximum absolute atomic E-state index is 10.6. The number of aromatic hydroxyl groups is 1. The largest absolute Gasteiger partial charge is 0.507 e. The molecular formula is C22H25Cl2N7OS. The lowest BCUT2D eigenvalue weighted by atomic mass is 9.93. The Bertz CT molecular complexity index is 1250. The molecular weight excluding hydrogens is 481 g/mol. The normalized spacial score (nSPS) is 20.3. The quantitative estimate of drug-likeness (QED) is 0.430. The van der Waals surface area contributed by atoms with E-state index >= 15 is 0 Å². The Morgan fingerprint density at radius 3 is 2.76 bits per heavy atom. The van der Waals surface area contributed by atoms with Crippen molar-refractivity contribution in [2.45, 2.75) is 18.9 Å². The SMILES string of the molecule is CN1CC[C@@H]2[C@@H](CCN2c2nc3nnc(-c4ccc(-c5cn[nH]c5)cc4O)cc3s2)C1.Cl.Cl. The molecule has 2 atom stereocenters. The van der Waals surface area contributed by atoms with Crippen molar-refractivity contribution in [1.29, 1.82) is 0 Å². The van der Waals surface area contributed by atoms with Crippen LogP contribution in [-0.2, 0) is 0 Å². The molecule has 11 heteroatoms. The van der Waals surface area contributed by atoms with Crippen LogP contribution in [0.15, 0.2) is 36.7 Å². The number of phenolic OH excluding ortho intramolecular Hbond substituents is 1. The first-order valence-electron chi connectivity index (χ1n) is 10.6. The van der Waals surface area contributed by atoms with Crippen molar-refractivity contribution >= 4 is 51.6 Å². The van der Waals surface area contributed by atoms with Gasteiger partial charge in [-0.2, -0.15) is 10.1 Å². The number of piperidine rings is 1. The molecule has 4 aromatic rings. The molecule has 0 amide bonds. The van der Waals surface area contributed by atoms with E-state index in [2.05, 4.69) is 37.2 Å². The molecule has 2 N–H and O–H groups in total. The molecule has 0 aliphatic carbocycles. The van der Waals surface area contributed by atoms with Crippen molar-refractivity contribution in [3.05, 3.63) is 36.7 Å². The number of H-pyrrole nitrogens is 1. The molecule has 5 heterocycles. The summed E-state index contributed by atoms with van der Waals surface area (Å²) in [6.07, 6.45) is 5.93. The molecule has 2 saturated heterocycles. The first-order valence-corrected chi connectivity index (χ1v) is 11.4. The Morgan fingerprint density at radius 2 is 1.97 bits per heavy atom. The van der Waals surface area contributed by atoms with Gasteiger partial charge in [0.15, 0.2) is 10.8 Å². The maximum atomic E-state index is 10.6. The van der Waals surface area contributed by atoms with E-state index in [4.69, 9.17) is 4.98 Å². The Balaban J connectivity index is 0.00000130. The van der Waals surface area contributed by atoms with Gasteiger partial charge in [0, 0.05) is 36.5 Å². The van der Waals surface area contributed by atoms with E-state index < -0.39 is 0 Å². The number of hydrogen-bond donors (Lipinski definition) is 2.